The van der Waals surface area contributed by atoms with Crippen molar-refractivity contribution in [1.82, 2.24) is 0 Å². The lowest BCUT2D eigenvalue weighted by Crippen LogP contribution is -2.37. The largest absolute Gasteiger partial charge is 0.496 e. The van der Waals surface area contributed by atoms with Gasteiger partial charge in [0.25, 0.3) is 0 Å². The molecule has 0 aromatic heterocycles. The molecular formula is C22H20BrNO6. The van der Waals surface area contributed by atoms with Gasteiger partial charge in [0, 0.05) is 34.1 Å². The van der Waals surface area contributed by atoms with Crippen molar-refractivity contribution < 1.29 is 28.5 Å². The van der Waals surface area contributed by atoms with Crippen molar-refractivity contribution in [3.8, 4) is 17.2 Å². The SMILES string of the molecule is COc1cc(OC)c([C@@H]2CC(=O)N(c3ccc(Br)cc3)C3=C2C(=O)OC3)cc1OC. The summed E-state index contributed by atoms with van der Waals surface area (Å²) in [4.78, 5) is 27.5. The second-order valence-electron chi connectivity index (χ2n) is 6.85. The molecule has 2 aromatic carbocycles. The molecule has 0 N–H and O–H groups in total. The van der Waals surface area contributed by atoms with E-state index >= 15 is 0 Å². The summed E-state index contributed by atoms with van der Waals surface area (Å²) in [5, 5.41) is 0. The summed E-state index contributed by atoms with van der Waals surface area (Å²) in [6.07, 6.45) is 0.0931. The molecule has 0 fully saturated rings. The number of amides is 1. The summed E-state index contributed by atoms with van der Waals surface area (Å²) in [7, 11) is 4.60. The maximum Gasteiger partial charge on any atom is 0.336 e. The van der Waals surface area contributed by atoms with Crippen molar-refractivity contribution in [2.45, 2.75) is 12.3 Å². The topological polar surface area (TPSA) is 74.3 Å². The van der Waals surface area contributed by atoms with Gasteiger partial charge in [0.05, 0.1) is 32.6 Å². The smallest absolute Gasteiger partial charge is 0.336 e. The Balaban J connectivity index is 1.86. The van der Waals surface area contributed by atoms with Crippen LogP contribution in [0, 0.1) is 0 Å². The molecule has 7 nitrogen and oxygen atoms in total. The molecule has 0 bridgehead atoms. The second-order valence-corrected chi connectivity index (χ2v) is 7.76. The highest BCUT2D eigenvalue weighted by Crippen LogP contribution is 2.47. The van der Waals surface area contributed by atoms with Crippen molar-refractivity contribution in [1.29, 1.82) is 0 Å². The third kappa shape index (κ3) is 3.31. The Hall–Kier alpha value is -3.00. The van der Waals surface area contributed by atoms with Gasteiger partial charge in [0.15, 0.2) is 11.5 Å². The number of esters is 1. The van der Waals surface area contributed by atoms with Gasteiger partial charge in [0.1, 0.15) is 12.4 Å². The van der Waals surface area contributed by atoms with Crippen LogP contribution in [0.15, 0.2) is 52.1 Å². The summed E-state index contributed by atoms with van der Waals surface area (Å²) in [5.74, 6) is 0.431. The molecule has 156 valence electrons. The maximum atomic E-state index is 13.2. The Morgan fingerprint density at radius 1 is 0.967 bits per heavy atom. The number of cyclic esters (lactones) is 1. The molecule has 2 heterocycles. The van der Waals surface area contributed by atoms with Gasteiger partial charge >= 0.3 is 5.97 Å². The Morgan fingerprint density at radius 3 is 2.23 bits per heavy atom. The van der Waals surface area contributed by atoms with Gasteiger partial charge < -0.3 is 18.9 Å². The van der Waals surface area contributed by atoms with Gasteiger partial charge in [-0.2, -0.15) is 0 Å². The van der Waals surface area contributed by atoms with Crippen LogP contribution < -0.4 is 19.1 Å². The first-order chi connectivity index (χ1) is 14.5. The third-order valence-corrected chi connectivity index (χ3v) is 5.84. The zero-order valence-electron chi connectivity index (χ0n) is 16.7. The average molecular weight is 474 g/mol. The van der Waals surface area contributed by atoms with Crippen molar-refractivity contribution in [2.75, 3.05) is 32.8 Å². The van der Waals surface area contributed by atoms with Gasteiger partial charge in [-0.3, -0.25) is 9.69 Å². The first-order valence-electron chi connectivity index (χ1n) is 9.27. The number of methoxy groups -OCH3 is 3. The highest BCUT2D eigenvalue weighted by molar-refractivity contribution is 9.10. The number of carbonyl (C=O) groups excluding carboxylic acids is 2. The molecule has 0 spiro atoms. The number of hydrogen-bond acceptors (Lipinski definition) is 6. The number of anilines is 1. The predicted molar refractivity (Wildman–Crippen MR) is 113 cm³/mol. The van der Waals surface area contributed by atoms with E-state index in [4.69, 9.17) is 18.9 Å². The number of ether oxygens (including phenoxy) is 4. The fourth-order valence-corrected chi connectivity index (χ4v) is 4.20. The van der Waals surface area contributed by atoms with Crippen LogP contribution in [0.3, 0.4) is 0 Å². The van der Waals surface area contributed by atoms with Crippen LogP contribution in [-0.2, 0) is 14.3 Å². The molecule has 1 atom stereocenters. The van der Waals surface area contributed by atoms with E-state index in [2.05, 4.69) is 15.9 Å². The van der Waals surface area contributed by atoms with E-state index in [0.29, 0.717) is 39.8 Å². The molecule has 0 aliphatic carbocycles. The van der Waals surface area contributed by atoms with Crippen molar-refractivity contribution in [2.24, 2.45) is 0 Å². The molecule has 0 saturated heterocycles. The lowest BCUT2D eigenvalue weighted by Gasteiger charge is -2.32. The number of carbonyl (C=O) groups is 2. The molecule has 8 heteroatoms. The van der Waals surface area contributed by atoms with Crippen LogP contribution in [0.2, 0.25) is 0 Å². The molecule has 2 aliphatic rings. The van der Waals surface area contributed by atoms with E-state index in [1.165, 1.54) is 21.3 Å². The number of halogens is 1. The molecule has 0 radical (unpaired) electrons. The number of rotatable bonds is 5. The maximum absolute atomic E-state index is 13.2. The lowest BCUT2D eigenvalue weighted by atomic mass is 9.83. The first-order valence-corrected chi connectivity index (χ1v) is 10.1. The summed E-state index contributed by atoms with van der Waals surface area (Å²) in [6, 6.07) is 10.8. The minimum atomic E-state index is -0.510. The van der Waals surface area contributed by atoms with Crippen LogP contribution in [0.25, 0.3) is 0 Å². The van der Waals surface area contributed by atoms with E-state index in [0.717, 1.165) is 4.47 Å². The Morgan fingerprint density at radius 2 is 1.60 bits per heavy atom. The quantitative estimate of drug-likeness (QED) is 0.614. The van der Waals surface area contributed by atoms with E-state index in [1.54, 1.807) is 17.0 Å². The predicted octanol–water partition coefficient (Wildman–Crippen LogP) is 3.81. The van der Waals surface area contributed by atoms with E-state index in [-0.39, 0.29) is 18.9 Å². The van der Waals surface area contributed by atoms with Crippen molar-refractivity contribution >= 4 is 33.5 Å². The zero-order chi connectivity index (χ0) is 21.4. The standard InChI is InChI=1S/C22H20BrNO6/c1-27-17-10-19(29-3)18(28-2)8-14(17)15-9-20(25)24(13-6-4-12(23)5-7-13)16-11-30-22(26)21(15)16/h4-8,10,15H,9,11H2,1-3H3/t15-/m0/s1. The first kappa shape index (κ1) is 20.3. The van der Waals surface area contributed by atoms with Crippen molar-refractivity contribution in [3.05, 3.63) is 57.7 Å². The molecule has 30 heavy (non-hydrogen) atoms. The van der Waals surface area contributed by atoms with Crippen LogP contribution in [0.4, 0.5) is 5.69 Å². The molecule has 2 aromatic rings. The molecule has 4 rings (SSSR count). The number of hydrogen-bond donors (Lipinski definition) is 0. The summed E-state index contributed by atoms with van der Waals surface area (Å²) >= 11 is 3.40. The van der Waals surface area contributed by atoms with E-state index < -0.39 is 11.9 Å². The highest BCUT2D eigenvalue weighted by Gasteiger charge is 2.44. The summed E-state index contributed by atoms with van der Waals surface area (Å²) in [5.41, 5.74) is 2.38. The minimum absolute atomic E-state index is 0.0437. The third-order valence-electron chi connectivity index (χ3n) is 5.31. The van der Waals surface area contributed by atoms with Gasteiger partial charge in [0.2, 0.25) is 5.91 Å². The molecular weight excluding hydrogens is 454 g/mol. The molecule has 2 aliphatic heterocycles. The Kier molecular flexibility index (Phi) is 5.42. The molecule has 0 saturated carbocycles. The Bertz CT molecular complexity index is 1050. The molecule has 1 amide bonds. The van der Waals surface area contributed by atoms with Crippen LogP contribution >= 0.6 is 15.9 Å². The Labute approximate surface area is 182 Å². The average Bonchev–Trinajstić information content (AvgIpc) is 3.14. The highest BCUT2D eigenvalue weighted by atomic mass is 79.9. The summed E-state index contributed by atoms with van der Waals surface area (Å²) < 4.78 is 22.5. The number of nitrogens with zero attached hydrogens (tertiary/aromatic N) is 1. The number of benzene rings is 2. The zero-order valence-corrected chi connectivity index (χ0v) is 18.3. The monoisotopic (exact) mass is 473 g/mol. The van der Waals surface area contributed by atoms with Gasteiger partial charge in [-0.1, -0.05) is 15.9 Å². The van der Waals surface area contributed by atoms with Gasteiger partial charge in [-0.25, -0.2) is 4.79 Å². The lowest BCUT2D eigenvalue weighted by molar-refractivity contribution is -0.136. The van der Waals surface area contributed by atoms with Crippen molar-refractivity contribution in [3.63, 3.8) is 0 Å². The molecule has 0 unspecified atom stereocenters. The normalized spacial score (nSPS) is 18.3. The van der Waals surface area contributed by atoms with Gasteiger partial charge in [-0.05, 0) is 30.3 Å². The summed E-state index contributed by atoms with van der Waals surface area (Å²) in [6.45, 7) is 0.0437. The van der Waals surface area contributed by atoms with E-state index in [1.807, 2.05) is 24.3 Å². The second kappa shape index (κ2) is 8.02. The van der Waals surface area contributed by atoms with Crippen LogP contribution in [-0.4, -0.2) is 39.8 Å². The minimum Gasteiger partial charge on any atom is -0.496 e. The fourth-order valence-electron chi connectivity index (χ4n) is 3.93. The van der Waals surface area contributed by atoms with Crippen LogP contribution in [0.5, 0.6) is 17.2 Å². The van der Waals surface area contributed by atoms with Crippen LogP contribution in [0.1, 0.15) is 17.9 Å². The van der Waals surface area contributed by atoms with E-state index in [9.17, 15) is 9.59 Å². The fraction of sp³-hybridized carbons (Fsp3) is 0.273. The van der Waals surface area contributed by atoms with Gasteiger partial charge in [-0.15, -0.1) is 0 Å².